The van der Waals surface area contributed by atoms with Gasteiger partial charge in [0.05, 0.1) is 9.52 Å². The van der Waals surface area contributed by atoms with Gasteiger partial charge in [-0.15, -0.1) is 0 Å². The standard InChI is InChI=1S/C16H20F2Si/c1-2-3-12-4-6-13(7-5-12)11-19-14-8-9-15(17)16(18)10-14/h4,8-10,13H,2-3,5-7,11H2,1H3. The Bertz CT molecular complexity index is 454. The van der Waals surface area contributed by atoms with Crippen molar-refractivity contribution in [1.82, 2.24) is 0 Å². The molecule has 0 saturated heterocycles. The van der Waals surface area contributed by atoms with Crippen molar-refractivity contribution in [2.24, 2.45) is 5.92 Å². The minimum atomic E-state index is -0.752. The van der Waals surface area contributed by atoms with Crippen molar-refractivity contribution >= 4 is 14.7 Å². The molecule has 0 spiro atoms. The minimum absolute atomic E-state index is 0.585. The Hall–Kier alpha value is -0.963. The highest BCUT2D eigenvalue weighted by atomic mass is 28.2. The van der Waals surface area contributed by atoms with E-state index in [2.05, 4.69) is 13.0 Å². The van der Waals surface area contributed by atoms with E-state index in [1.54, 1.807) is 11.6 Å². The maximum atomic E-state index is 13.1. The number of halogens is 2. The van der Waals surface area contributed by atoms with Crippen LogP contribution in [0.2, 0.25) is 6.04 Å². The second kappa shape index (κ2) is 6.99. The van der Waals surface area contributed by atoms with Crippen LogP contribution in [0.15, 0.2) is 29.8 Å². The van der Waals surface area contributed by atoms with E-state index in [0.717, 1.165) is 17.7 Å². The van der Waals surface area contributed by atoms with Gasteiger partial charge in [0.15, 0.2) is 11.6 Å². The number of rotatable bonds is 5. The predicted octanol–water partition coefficient (Wildman–Crippen LogP) is 4.24. The zero-order chi connectivity index (χ0) is 13.7. The molecule has 1 atom stereocenters. The van der Waals surface area contributed by atoms with Gasteiger partial charge in [0.2, 0.25) is 0 Å². The fraction of sp³-hybridized carbons (Fsp3) is 0.500. The maximum Gasteiger partial charge on any atom is 0.158 e. The minimum Gasteiger partial charge on any atom is -0.204 e. The molecule has 19 heavy (non-hydrogen) atoms. The summed E-state index contributed by atoms with van der Waals surface area (Å²) in [4.78, 5) is 0. The van der Waals surface area contributed by atoms with Crippen LogP contribution in [0.4, 0.5) is 8.78 Å². The third kappa shape index (κ3) is 4.27. The van der Waals surface area contributed by atoms with Crippen molar-refractivity contribution in [1.29, 1.82) is 0 Å². The molecule has 1 unspecified atom stereocenters. The van der Waals surface area contributed by atoms with Crippen LogP contribution in [0, 0.1) is 17.6 Å². The molecule has 0 N–H and O–H groups in total. The molecule has 0 heterocycles. The van der Waals surface area contributed by atoms with Crippen LogP contribution in [0.5, 0.6) is 0 Å². The molecule has 0 amide bonds. The lowest BCUT2D eigenvalue weighted by molar-refractivity contribution is 0.503. The van der Waals surface area contributed by atoms with E-state index < -0.39 is 11.6 Å². The van der Waals surface area contributed by atoms with Crippen molar-refractivity contribution in [2.75, 3.05) is 0 Å². The molecular formula is C16H20F2Si. The fourth-order valence-electron chi connectivity index (χ4n) is 2.54. The van der Waals surface area contributed by atoms with Gasteiger partial charge in [-0.25, -0.2) is 8.78 Å². The topological polar surface area (TPSA) is 0 Å². The summed E-state index contributed by atoms with van der Waals surface area (Å²) >= 11 is 0. The monoisotopic (exact) mass is 278 g/mol. The van der Waals surface area contributed by atoms with Crippen molar-refractivity contribution in [3.8, 4) is 0 Å². The summed E-state index contributed by atoms with van der Waals surface area (Å²) in [5.74, 6) is -0.760. The Morgan fingerprint density at radius 1 is 1.26 bits per heavy atom. The summed E-state index contributed by atoms with van der Waals surface area (Å²) in [6.45, 7) is 2.22. The molecular weight excluding hydrogens is 258 g/mol. The molecule has 1 aliphatic carbocycles. The van der Waals surface area contributed by atoms with Gasteiger partial charge in [0.25, 0.3) is 0 Å². The average Bonchev–Trinajstić information content (AvgIpc) is 2.42. The molecule has 102 valence electrons. The number of hydrogen-bond donors (Lipinski definition) is 0. The van der Waals surface area contributed by atoms with Crippen molar-refractivity contribution < 1.29 is 8.78 Å². The first-order valence-corrected chi connectivity index (χ1v) is 8.26. The largest absolute Gasteiger partial charge is 0.204 e. The summed E-state index contributed by atoms with van der Waals surface area (Å²) in [7, 11) is 0.585. The first kappa shape index (κ1) is 14.4. The van der Waals surface area contributed by atoms with Crippen molar-refractivity contribution in [3.05, 3.63) is 41.5 Å². The average molecular weight is 278 g/mol. The van der Waals surface area contributed by atoms with Gasteiger partial charge in [-0.05, 0) is 43.7 Å². The summed E-state index contributed by atoms with van der Waals surface area (Å²) in [6.07, 6.45) is 8.49. The zero-order valence-corrected chi connectivity index (χ0v) is 12.4. The zero-order valence-electron chi connectivity index (χ0n) is 11.4. The number of hydrogen-bond acceptors (Lipinski definition) is 0. The molecule has 1 aliphatic rings. The van der Waals surface area contributed by atoms with Gasteiger partial charge >= 0.3 is 0 Å². The van der Waals surface area contributed by atoms with Crippen LogP contribution in [0.1, 0.15) is 39.0 Å². The van der Waals surface area contributed by atoms with Gasteiger partial charge in [-0.2, -0.15) is 0 Å². The van der Waals surface area contributed by atoms with Crippen molar-refractivity contribution in [3.63, 3.8) is 0 Å². The Balaban J connectivity index is 1.82. The second-order valence-corrected chi connectivity index (χ2v) is 6.60. The Kier molecular flexibility index (Phi) is 5.31. The van der Waals surface area contributed by atoms with E-state index >= 15 is 0 Å². The van der Waals surface area contributed by atoms with Gasteiger partial charge in [0.1, 0.15) is 0 Å². The first-order valence-electron chi connectivity index (χ1n) is 7.06. The van der Waals surface area contributed by atoms with E-state index in [9.17, 15) is 8.78 Å². The van der Waals surface area contributed by atoms with E-state index in [0.29, 0.717) is 15.4 Å². The molecule has 0 bridgehead atoms. The SMILES string of the molecule is CCCC1=CCC(C[Si]c2ccc(F)c(F)c2)CC1. The lowest BCUT2D eigenvalue weighted by Gasteiger charge is -2.21. The van der Waals surface area contributed by atoms with E-state index in [4.69, 9.17) is 0 Å². The van der Waals surface area contributed by atoms with Gasteiger partial charge < -0.3 is 0 Å². The van der Waals surface area contributed by atoms with Crippen LogP contribution in [-0.4, -0.2) is 9.52 Å². The Labute approximate surface area is 116 Å². The quantitative estimate of drug-likeness (QED) is 0.558. The fourth-order valence-corrected chi connectivity index (χ4v) is 3.87. The van der Waals surface area contributed by atoms with Crippen LogP contribution in [0.25, 0.3) is 0 Å². The highest BCUT2D eigenvalue weighted by Gasteiger charge is 2.14. The summed E-state index contributed by atoms with van der Waals surface area (Å²) in [6, 6.07) is 5.38. The molecule has 2 radical (unpaired) electrons. The maximum absolute atomic E-state index is 13.1. The molecule has 0 nitrogen and oxygen atoms in total. The van der Waals surface area contributed by atoms with Crippen LogP contribution in [-0.2, 0) is 0 Å². The van der Waals surface area contributed by atoms with Crippen LogP contribution >= 0.6 is 0 Å². The molecule has 0 aromatic heterocycles. The van der Waals surface area contributed by atoms with E-state index in [1.807, 2.05) is 0 Å². The first-order chi connectivity index (χ1) is 9.19. The third-order valence-electron chi connectivity index (χ3n) is 3.70. The Morgan fingerprint density at radius 3 is 2.74 bits per heavy atom. The molecule has 0 fully saturated rings. The lowest BCUT2D eigenvalue weighted by atomic mass is 9.89. The third-order valence-corrected chi connectivity index (χ3v) is 5.20. The summed E-state index contributed by atoms with van der Waals surface area (Å²) in [5, 5.41) is 0.933. The van der Waals surface area contributed by atoms with Crippen LogP contribution < -0.4 is 5.19 Å². The molecule has 1 aromatic rings. The molecule has 0 aliphatic heterocycles. The molecule has 3 heteroatoms. The van der Waals surface area contributed by atoms with E-state index in [-0.39, 0.29) is 0 Å². The normalized spacial score (nSPS) is 19.3. The molecule has 1 aromatic carbocycles. The molecule has 0 saturated carbocycles. The van der Waals surface area contributed by atoms with Crippen molar-refractivity contribution in [2.45, 2.75) is 45.1 Å². The molecule has 2 rings (SSSR count). The summed E-state index contributed by atoms with van der Waals surface area (Å²) in [5.41, 5.74) is 1.61. The number of benzene rings is 1. The smallest absolute Gasteiger partial charge is 0.158 e. The highest BCUT2D eigenvalue weighted by molar-refractivity contribution is 6.53. The highest BCUT2D eigenvalue weighted by Crippen LogP contribution is 2.28. The number of allylic oxidation sites excluding steroid dienone is 2. The predicted molar refractivity (Wildman–Crippen MR) is 76.9 cm³/mol. The Morgan fingerprint density at radius 2 is 2.11 bits per heavy atom. The second-order valence-electron chi connectivity index (χ2n) is 5.26. The van der Waals surface area contributed by atoms with Crippen LogP contribution in [0.3, 0.4) is 0 Å². The summed E-state index contributed by atoms with van der Waals surface area (Å²) < 4.78 is 25.9. The van der Waals surface area contributed by atoms with E-state index in [1.165, 1.54) is 37.8 Å². The van der Waals surface area contributed by atoms with Gasteiger partial charge in [0, 0.05) is 0 Å². The van der Waals surface area contributed by atoms with Gasteiger partial charge in [-0.1, -0.05) is 42.3 Å². The lowest BCUT2D eigenvalue weighted by Crippen LogP contribution is -2.19. The van der Waals surface area contributed by atoms with Gasteiger partial charge in [-0.3, -0.25) is 0 Å².